The molecule has 0 aromatic rings. The molecule has 0 N–H and O–H groups in total. The normalized spacial score (nSPS) is 42.8. The van der Waals surface area contributed by atoms with Crippen LogP contribution in [0.1, 0.15) is 113 Å². The van der Waals surface area contributed by atoms with Crippen LogP contribution in [0.5, 0.6) is 0 Å². The molecule has 0 spiro atoms. The standard InChI is InChI=1S/C31H50O3/c1-19(2)10-9-11-20(3)23-14-16-31(7)26-13-12-24-21(4)27(32)22(28(33)34-8)18-29(24,5)25(26)15-17-30(23,31)6/h19-24H,9-18H2,1-8H3/t20-,21-,22-,23+,24+,29-,30+,31-/m0/s1. The fourth-order valence-electron chi connectivity index (χ4n) is 9.60. The molecule has 0 bridgehead atoms. The van der Waals surface area contributed by atoms with E-state index in [0.29, 0.717) is 17.8 Å². The van der Waals surface area contributed by atoms with Crippen molar-refractivity contribution in [3.63, 3.8) is 0 Å². The number of carbonyl (C=O) groups is 2. The molecule has 2 saturated carbocycles. The van der Waals surface area contributed by atoms with Crippen LogP contribution in [0, 0.1) is 51.8 Å². The van der Waals surface area contributed by atoms with Crippen LogP contribution in [0.4, 0.5) is 0 Å². The highest BCUT2D eigenvalue weighted by Crippen LogP contribution is 2.71. The van der Waals surface area contributed by atoms with Crippen molar-refractivity contribution in [2.75, 3.05) is 7.11 Å². The van der Waals surface area contributed by atoms with Crippen LogP contribution in [-0.4, -0.2) is 18.9 Å². The summed E-state index contributed by atoms with van der Waals surface area (Å²) in [4.78, 5) is 25.7. The Kier molecular flexibility index (Phi) is 6.93. The lowest BCUT2D eigenvalue weighted by molar-refractivity contribution is -0.157. The molecule has 0 saturated heterocycles. The summed E-state index contributed by atoms with van der Waals surface area (Å²) in [7, 11) is 1.42. The topological polar surface area (TPSA) is 43.4 Å². The molecular weight excluding hydrogens is 420 g/mol. The maximum Gasteiger partial charge on any atom is 0.316 e. The Hall–Kier alpha value is -1.12. The minimum Gasteiger partial charge on any atom is -0.468 e. The molecule has 34 heavy (non-hydrogen) atoms. The van der Waals surface area contributed by atoms with E-state index in [1.165, 1.54) is 45.6 Å². The minimum absolute atomic E-state index is 0.0505. The number of hydrogen-bond donors (Lipinski definition) is 0. The number of allylic oxidation sites excluding steroid dienone is 2. The van der Waals surface area contributed by atoms with Crippen molar-refractivity contribution < 1.29 is 14.3 Å². The third-order valence-electron chi connectivity index (χ3n) is 11.8. The molecule has 0 aromatic heterocycles. The van der Waals surface area contributed by atoms with Gasteiger partial charge in [0.2, 0.25) is 0 Å². The molecule has 0 aliphatic heterocycles. The highest BCUT2D eigenvalue weighted by atomic mass is 16.5. The molecule has 8 atom stereocenters. The van der Waals surface area contributed by atoms with E-state index < -0.39 is 5.92 Å². The Bertz CT molecular complexity index is 855. The largest absolute Gasteiger partial charge is 0.468 e. The van der Waals surface area contributed by atoms with Crippen molar-refractivity contribution in [1.29, 1.82) is 0 Å². The second-order valence-corrected chi connectivity index (χ2v) is 13.7. The zero-order valence-corrected chi connectivity index (χ0v) is 23.3. The zero-order chi connectivity index (χ0) is 25.1. The van der Waals surface area contributed by atoms with E-state index in [9.17, 15) is 9.59 Å². The first-order chi connectivity index (χ1) is 15.9. The number of ether oxygens (including phenoxy) is 1. The molecule has 192 valence electrons. The Morgan fingerprint density at radius 2 is 1.74 bits per heavy atom. The molecule has 0 amide bonds. The van der Waals surface area contributed by atoms with Crippen molar-refractivity contribution in [1.82, 2.24) is 0 Å². The van der Waals surface area contributed by atoms with Gasteiger partial charge in [0.15, 0.2) is 0 Å². The molecule has 0 radical (unpaired) electrons. The number of Topliss-reactive ketones (excluding diaryl/α,β-unsaturated/α-hetero) is 1. The van der Waals surface area contributed by atoms with Gasteiger partial charge in [0.05, 0.1) is 7.11 Å². The highest BCUT2D eigenvalue weighted by Gasteiger charge is 2.63. The predicted octanol–water partition coefficient (Wildman–Crippen LogP) is 7.78. The molecular formula is C31H50O3. The number of esters is 1. The number of hydrogen-bond acceptors (Lipinski definition) is 3. The van der Waals surface area contributed by atoms with Crippen LogP contribution in [0.25, 0.3) is 0 Å². The fourth-order valence-corrected chi connectivity index (χ4v) is 9.60. The Morgan fingerprint density at radius 1 is 1.03 bits per heavy atom. The number of rotatable bonds is 6. The van der Waals surface area contributed by atoms with Gasteiger partial charge in [-0.15, -0.1) is 0 Å². The van der Waals surface area contributed by atoms with Crippen molar-refractivity contribution in [2.45, 2.75) is 113 Å². The number of carbonyl (C=O) groups excluding carboxylic acids is 2. The first-order valence-corrected chi connectivity index (χ1v) is 14.2. The van der Waals surface area contributed by atoms with Crippen LogP contribution in [-0.2, 0) is 14.3 Å². The van der Waals surface area contributed by atoms with Crippen molar-refractivity contribution in [3.05, 3.63) is 11.1 Å². The second kappa shape index (κ2) is 9.07. The first-order valence-electron chi connectivity index (χ1n) is 14.2. The van der Waals surface area contributed by atoms with Crippen molar-refractivity contribution in [3.8, 4) is 0 Å². The van der Waals surface area contributed by atoms with Crippen LogP contribution < -0.4 is 0 Å². The lowest BCUT2D eigenvalue weighted by Gasteiger charge is -2.59. The summed E-state index contributed by atoms with van der Waals surface area (Å²) in [5, 5.41) is 0. The number of ketones is 1. The summed E-state index contributed by atoms with van der Waals surface area (Å²) in [5.41, 5.74) is 3.93. The third-order valence-corrected chi connectivity index (χ3v) is 11.8. The fraction of sp³-hybridized carbons (Fsp3) is 0.871. The van der Waals surface area contributed by atoms with Crippen molar-refractivity contribution in [2.24, 2.45) is 51.8 Å². The van der Waals surface area contributed by atoms with E-state index in [1.54, 1.807) is 11.1 Å². The van der Waals surface area contributed by atoms with Gasteiger partial charge >= 0.3 is 5.97 Å². The quantitative estimate of drug-likeness (QED) is 0.226. The van der Waals surface area contributed by atoms with E-state index in [4.69, 9.17) is 4.74 Å². The summed E-state index contributed by atoms with van der Waals surface area (Å²) < 4.78 is 5.09. The Labute approximate surface area is 208 Å². The first kappa shape index (κ1) is 26.0. The molecule has 0 unspecified atom stereocenters. The van der Waals surface area contributed by atoms with Crippen LogP contribution in [0.2, 0.25) is 0 Å². The lowest BCUT2D eigenvalue weighted by Crippen LogP contribution is -2.54. The average molecular weight is 471 g/mol. The predicted molar refractivity (Wildman–Crippen MR) is 138 cm³/mol. The van der Waals surface area contributed by atoms with Gasteiger partial charge in [-0.1, -0.05) is 78.9 Å². The van der Waals surface area contributed by atoms with Gasteiger partial charge in [-0.3, -0.25) is 9.59 Å². The van der Waals surface area contributed by atoms with Gasteiger partial charge < -0.3 is 4.74 Å². The maximum atomic E-state index is 13.1. The summed E-state index contributed by atoms with van der Waals surface area (Å²) >= 11 is 0. The molecule has 4 rings (SSSR count). The molecule has 3 nitrogen and oxygen atoms in total. The van der Waals surface area contributed by atoms with Crippen molar-refractivity contribution >= 4 is 11.8 Å². The molecule has 4 aliphatic rings. The Morgan fingerprint density at radius 3 is 2.38 bits per heavy atom. The van der Waals surface area contributed by atoms with Gasteiger partial charge in [0.25, 0.3) is 0 Å². The van der Waals surface area contributed by atoms with Gasteiger partial charge in [0, 0.05) is 5.92 Å². The smallest absolute Gasteiger partial charge is 0.316 e. The summed E-state index contributed by atoms with van der Waals surface area (Å²) in [5.74, 6) is 1.89. The minimum atomic E-state index is -0.591. The summed E-state index contributed by atoms with van der Waals surface area (Å²) in [6, 6.07) is 0. The van der Waals surface area contributed by atoms with Gasteiger partial charge in [-0.05, 0) is 84.9 Å². The second-order valence-electron chi connectivity index (χ2n) is 13.7. The molecule has 0 heterocycles. The van der Waals surface area contributed by atoms with Crippen LogP contribution >= 0.6 is 0 Å². The zero-order valence-electron chi connectivity index (χ0n) is 23.3. The number of fused-ring (bicyclic) bond motifs is 4. The Balaban J connectivity index is 1.65. The highest BCUT2D eigenvalue weighted by molar-refractivity contribution is 6.01. The monoisotopic (exact) mass is 470 g/mol. The van der Waals surface area contributed by atoms with E-state index in [2.05, 4.69) is 48.5 Å². The average Bonchev–Trinajstić information content (AvgIpc) is 3.07. The van der Waals surface area contributed by atoms with E-state index >= 15 is 0 Å². The lowest BCUT2D eigenvalue weighted by atomic mass is 9.44. The SMILES string of the molecule is COC(=O)[C@H]1C[C@]2(C)C3=C(CC[C@@H]2[C@H](C)C1=O)[C@]1(C)CC[C@H]([C@@H](C)CCCC(C)C)[C@@]1(C)CC3. The van der Waals surface area contributed by atoms with Gasteiger partial charge in [0.1, 0.15) is 11.7 Å². The van der Waals surface area contributed by atoms with Gasteiger partial charge in [-0.2, -0.15) is 0 Å². The summed E-state index contributed by atoms with van der Waals surface area (Å²) in [6.07, 6.45) is 12.0. The molecule has 4 aliphatic carbocycles. The third kappa shape index (κ3) is 3.74. The maximum absolute atomic E-state index is 13.1. The van der Waals surface area contributed by atoms with E-state index in [-0.39, 0.29) is 28.5 Å². The van der Waals surface area contributed by atoms with E-state index in [1.807, 2.05) is 0 Å². The summed E-state index contributed by atoms with van der Waals surface area (Å²) in [6.45, 7) is 16.9. The molecule has 2 fully saturated rings. The number of methoxy groups -OCH3 is 1. The molecule has 3 heteroatoms. The van der Waals surface area contributed by atoms with Crippen LogP contribution in [0.15, 0.2) is 11.1 Å². The van der Waals surface area contributed by atoms with Gasteiger partial charge in [-0.25, -0.2) is 0 Å². The molecule has 0 aromatic carbocycles. The van der Waals surface area contributed by atoms with E-state index in [0.717, 1.165) is 37.0 Å². The van der Waals surface area contributed by atoms with Crippen LogP contribution in [0.3, 0.4) is 0 Å².